The molecule has 1 amide bonds. The fourth-order valence-corrected chi connectivity index (χ4v) is 4.97. The van der Waals surface area contributed by atoms with E-state index in [1.165, 1.54) is 0 Å². The molecule has 0 radical (unpaired) electrons. The Morgan fingerprint density at radius 2 is 1.44 bits per heavy atom. The fraction of sp³-hybridized carbons (Fsp3) is 0.367. The summed E-state index contributed by atoms with van der Waals surface area (Å²) in [7, 11) is 0. The summed E-state index contributed by atoms with van der Waals surface area (Å²) in [5, 5.41) is 0. The molecule has 0 aromatic heterocycles. The van der Waals surface area contributed by atoms with E-state index in [-0.39, 0.29) is 30.9 Å². The van der Waals surface area contributed by atoms with Crippen molar-refractivity contribution in [1.29, 1.82) is 0 Å². The number of carbonyl (C=O) groups is 1. The van der Waals surface area contributed by atoms with E-state index in [4.69, 9.17) is 14.2 Å². The summed E-state index contributed by atoms with van der Waals surface area (Å²) in [6.45, 7) is 3.61. The summed E-state index contributed by atoms with van der Waals surface area (Å²) in [6.07, 6.45) is 1.53. The van der Waals surface area contributed by atoms with Gasteiger partial charge in [0.2, 0.25) is 0 Å². The summed E-state index contributed by atoms with van der Waals surface area (Å²) < 4.78 is 18.9. The lowest BCUT2D eigenvalue weighted by molar-refractivity contribution is -0.0952. The largest absolute Gasteiger partial charge is 0.445 e. The maximum Gasteiger partial charge on any atom is 0.410 e. The van der Waals surface area contributed by atoms with Gasteiger partial charge in [0.25, 0.3) is 0 Å². The van der Waals surface area contributed by atoms with Crippen molar-refractivity contribution in [2.75, 3.05) is 6.61 Å². The molecule has 0 bridgehead atoms. The first kappa shape index (κ1) is 26.6. The van der Waals surface area contributed by atoms with Crippen molar-refractivity contribution in [3.8, 4) is 0 Å². The summed E-state index contributed by atoms with van der Waals surface area (Å²) in [5.74, 6) is 0. The molecule has 0 aliphatic carbocycles. The van der Waals surface area contributed by atoms with Gasteiger partial charge in [-0.2, -0.15) is 0 Å². The molecule has 0 spiro atoms. The minimum absolute atomic E-state index is 0.111. The topological polar surface area (TPSA) is 48.0 Å². The summed E-state index contributed by atoms with van der Waals surface area (Å²) in [4.78, 5) is 15.4. The molecule has 2 unspecified atom stereocenters. The van der Waals surface area contributed by atoms with Crippen molar-refractivity contribution in [3.05, 3.63) is 108 Å². The summed E-state index contributed by atoms with van der Waals surface area (Å²) >= 11 is 2.46. The van der Waals surface area contributed by atoms with Gasteiger partial charge in [-0.3, -0.25) is 4.90 Å². The third kappa shape index (κ3) is 7.79. The van der Waals surface area contributed by atoms with Crippen molar-refractivity contribution < 1.29 is 19.0 Å². The second-order valence-electron chi connectivity index (χ2n) is 9.19. The molecule has 36 heavy (non-hydrogen) atoms. The molecule has 6 heteroatoms. The Balaban J connectivity index is 1.54. The predicted molar refractivity (Wildman–Crippen MR) is 150 cm³/mol. The normalized spacial score (nSPS) is 20.4. The highest BCUT2D eigenvalue weighted by molar-refractivity contribution is 14.1. The molecule has 4 atom stereocenters. The lowest BCUT2D eigenvalue weighted by atomic mass is 9.98. The Labute approximate surface area is 227 Å². The van der Waals surface area contributed by atoms with Gasteiger partial charge in [0.05, 0.1) is 31.5 Å². The zero-order chi connectivity index (χ0) is 25.2. The number of amides is 1. The average molecular weight is 600 g/mol. The van der Waals surface area contributed by atoms with E-state index in [1.807, 2.05) is 91.0 Å². The maximum atomic E-state index is 13.6. The van der Waals surface area contributed by atoms with E-state index < -0.39 is 0 Å². The van der Waals surface area contributed by atoms with Crippen LogP contribution in [0.2, 0.25) is 0 Å². The number of hydrogen-bond donors (Lipinski definition) is 0. The van der Waals surface area contributed by atoms with Gasteiger partial charge < -0.3 is 14.2 Å². The molecule has 5 nitrogen and oxygen atoms in total. The van der Waals surface area contributed by atoms with Crippen molar-refractivity contribution in [1.82, 2.24) is 4.90 Å². The molecule has 190 valence electrons. The lowest BCUT2D eigenvalue weighted by Gasteiger charge is -2.41. The predicted octanol–water partition coefficient (Wildman–Crippen LogP) is 6.78. The molecule has 0 saturated carbocycles. The third-order valence-corrected chi connectivity index (χ3v) is 8.13. The molecule has 3 aromatic carbocycles. The first-order valence-corrected chi connectivity index (χ1v) is 13.8. The van der Waals surface area contributed by atoms with Crippen molar-refractivity contribution in [3.63, 3.8) is 0 Å². The molecule has 1 aliphatic heterocycles. The Morgan fingerprint density at radius 3 is 2.03 bits per heavy atom. The number of hydrogen-bond acceptors (Lipinski definition) is 4. The number of halogens is 1. The van der Waals surface area contributed by atoms with E-state index in [9.17, 15) is 4.79 Å². The number of carbonyl (C=O) groups excluding carboxylic acids is 1. The van der Waals surface area contributed by atoms with Gasteiger partial charge in [0.1, 0.15) is 6.61 Å². The van der Waals surface area contributed by atoms with Gasteiger partial charge in [0.15, 0.2) is 0 Å². The SMILES string of the molecule is CC1O[C@H]([C@@H](COCc2ccccc2)N(Cc2ccccc2)C(=O)OCc2ccccc2)CCC1I. The molecule has 1 aliphatic rings. The monoisotopic (exact) mass is 599 g/mol. The Bertz CT molecular complexity index is 1050. The van der Waals surface area contributed by atoms with E-state index in [0.717, 1.165) is 29.5 Å². The van der Waals surface area contributed by atoms with Crippen LogP contribution in [0.15, 0.2) is 91.0 Å². The lowest BCUT2D eigenvalue weighted by Crippen LogP contribution is -2.53. The van der Waals surface area contributed by atoms with E-state index in [0.29, 0.717) is 23.7 Å². The number of benzene rings is 3. The molecule has 1 saturated heterocycles. The van der Waals surface area contributed by atoms with Crippen LogP contribution in [0, 0.1) is 0 Å². The first-order chi connectivity index (χ1) is 17.6. The smallest absolute Gasteiger partial charge is 0.410 e. The van der Waals surface area contributed by atoms with Crippen LogP contribution in [-0.2, 0) is 34.0 Å². The van der Waals surface area contributed by atoms with Gasteiger partial charge in [-0.15, -0.1) is 0 Å². The van der Waals surface area contributed by atoms with Crippen LogP contribution < -0.4 is 0 Å². The van der Waals surface area contributed by atoms with Gasteiger partial charge in [-0.1, -0.05) is 114 Å². The molecule has 3 aromatic rings. The van der Waals surface area contributed by atoms with Crippen LogP contribution in [0.1, 0.15) is 36.5 Å². The Morgan fingerprint density at radius 1 is 0.889 bits per heavy atom. The van der Waals surface area contributed by atoms with E-state index in [2.05, 4.69) is 29.5 Å². The third-order valence-electron chi connectivity index (χ3n) is 6.49. The zero-order valence-electron chi connectivity index (χ0n) is 20.7. The van der Waals surface area contributed by atoms with Crippen molar-refractivity contribution >= 4 is 28.7 Å². The quantitative estimate of drug-likeness (QED) is 0.191. The maximum absolute atomic E-state index is 13.6. The molecular formula is C30H34INO4. The fourth-order valence-electron chi connectivity index (χ4n) is 4.44. The van der Waals surface area contributed by atoms with Gasteiger partial charge in [-0.05, 0) is 36.5 Å². The molecular weight excluding hydrogens is 565 g/mol. The highest BCUT2D eigenvalue weighted by atomic mass is 127. The summed E-state index contributed by atoms with van der Waals surface area (Å²) in [6, 6.07) is 29.6. The van der Waals surface area contributed by atoms with Crippen LogP contribution in [0.5, 0.6) is 0 Å². The Kier molecular flexibility index (Phi) is 10.2. The number of nitrogens with zero attached hydrogens (tertiary/aromatic N) is 1. The minimum Gasteiger partial charge on any atom is -0.445 e. The van der Waals surface area contributed by atoms with Crippen LogP contribution >= 0.6 is 22.6 Å². The van der Waals surface area contributed by atoms with Gasteiger partial charge in [-0.25, -0.2) is 4.79 Å². The van der Waals surface area contributed by atoms with Crippen LogP contribution in [-0.4, -0.2) is 39.8 Å². The van der Waals surface area contributed by atoms with Crippen molar-refractivity contribution in [2.24, 2.45) is 0 Å². The second kappa shape index (κ2) is 13.8. The van der Waals surface area contributed by atoms with Crippen LogP contribution in [0.3, 0.4) is 0 Å². The van der Waals surface area contributed by atoms with Gasteiger partial charge in [0, 0.05) is 10.5 Å². The average Bonchev–Trinajstić information content (AvgIpc) is 2.92. The van der Waals surface area contributed by atoms with E-state index in [1.54, 1.807) is 4.90 Å². The molecule has 0 N–H and O–H groups in total. The Hall–Kier alpha value is -2.42. The molecule has 1 heterocycles. The highest BCUT2D eigenvalue weighted by Crippen LogP contribution is 2.30. The highest BCUT2D eigenvalue weighted by Gasteiger charge is 2.37. The number of rotatable bonds is 10. The molecule has 4 rings (SSSR count). The van der Waals surface area contributed by atoms with Crippen LogP contribution in [0.25, 0.3) is 0 Å². The second-order valence-corrected chi connectivity index (χ2v) is 10.8. The summed E-state index contributed by atoms with van der Waals surface area (Å²) in [5.41, 5.74) is 3.10. The number of alkyl halides is 1. The standard InChI is InChI=1S/C30H34INO4/c1-23-27(31)17-18-29(36-23)28(22-34-20-25-13-7-3-8-14-25)32(19-24-11-5-2-6-12-24)30(33)35-21-26-15-9-4-10-16-26/h2-16,23,27-29H,17-22H2,1H3/t23?,27?,28-,29+/m1/s1. The minimum atomic E-state index is -0.358. The van der Waals surface area contributed by atoms with Gasteiger partial charge >= 0.3 is 6.09 Å². The molecule has 1 fully saturated rings. The van der Waals surface area contributed by atoms with Crippen LogP contribution in [0.4, 0.5) is 4.79 Å². The van der Waals surface area contributed by atoms with E-state index >= 15 is 0 Å². The number of ether oxygens (including phenoxy) is 3. The zero-order valence-corrected chi connectivity index (χ0v) is 22.8. The van der Waals surface area contributed by atoms with Crippen molar-refractivity contribution in [2.45, 2.75) is 61.7 Å². The first-order valence-electron chi connectivity index (χ1n) is 12.5.